The number of likely N-dealkylation sites (tertiary alicyclic amines) is 2. The standard InChI is InChI=1S/C42H46N12O6/c1-59-41(57)51-31(17-29-19-43-23-47-29)39(55)53-15-3-5-35(53)37-45-21-33(49-37)27-11-7-25(8-12-27)26-9-13-28(14-10-26)34-22-46-38(50-34)36-6-4-16-54(36)40(56)32(52-42(58)60-2)18-30-20-44-24-48-30/h7-14,19-24,31-32,35-36H,3-6,15-18H2,1-2H3,(H,43,47)(H,44,48)(H,45,49)(H,46,50)(H,51,57)(H,52,58)/t31-,32-,35-,36-/m0/s1. The van der Waals surface area contributed by atoms with Crippen molar-refractivity contribution in [2.45, 2.75) is 62.7 Å². The molecule has 2 aliphatic heterocycles. The minimum Gasteiger partial charge on any atom is -0.453 e. The molecule has 310 valence electrons. The van der Waals surface area contributed by atoms with Crippen LogP contribution in [0.2, 0.25) is 0 Å². The van der Waals surface area contributed by atoms with Gasteiger partial charge in [-0.05, 0) is 47.9 Å². The van der Waals surface area contributed by atoms with E-state index in [1.165, 1.54) is 26.9 Å². The van der Waals surface area contributed by atoms with Gasteiger partial charge >= 0.3 is 12.2 Å². The number of hydrogen-bond acceptors (Lipinski definition) is 10. The smallest absolute Gasteiger partial charge is 0.407 e. The zero-order valence-corrected chi connectivity index (χ0v) is 33.2. The molecule has 18 nitrogen and oxygen atoms in total. The molecule has 6 aromatic rings. The summed E-state index contributed by atoms with van der Waals surface area (Å²) < 4.78 is 9.59. The molecule has 0 spiro atoms. The van der Waals surface area contributed by atoms with Gasteiger partial charge in [-0.3, -0.25) is 9.59 Å². The molecule has 0 aliphatic carbocycles. The fourth-order valence-electron chi connectivity index (χ4n) is 8.05. The predicted molar refractivity (Wildman–Crippen MR) is 218 cm³/mol. The Hall–Kier alpha value is -7.24. The van der Waals surface area contributed by atoms with Gasteiger partial charge in [0.25, 0.3) is 0 Å². The molecule has 2 aromatic carbocycles. The molecule has 8 rings (SSSR count). The summed E-state index contributed by atoms with van der Waals surface area (Å²) in [7, 11) is 2.53. The Morgan fingerprint density at radius 3 is 1.40 bits per heavy atom. The molecule has 18 heteroatoms. The quantitative estimate of drug-likeness (QED) is 0.0929. The lowest BCUT2D eigenvalue weighted by Crippen LogP contribution is -2.49. The van der Waals surface area contributed by atoms with E-state index in [1.54, 1.807) is 34.6 Å². The molecule has 4 amide bonds. The third kappa shape index (κ3) is 8.62. The Labute approximate surface area is 344 Å². The number of aromatic nitrogens is 8. The van der Waals surface area contributed by atoms with E-state index in [1.807, 2.05) is 24.3 Å². The normalized spacial score (nSPS) is 17.3. The van der Waals surface area contributed by atoms with Gasteiger partial charge in [0.15, 0.2) is 0 Å². The predicted octanol–water partition coefficient (Wildman–Crippen LogP) is 4.84. The van der Waals surface area contributed by atoms with E-state index >= 15 is 0 Å². The molecule has 6 N–H and O–H groups in total. The number of amides is 4. The molecule has 4 atom stereocenters. The van der Waals surface area contributed by atoms with Crippen molar-refractivity contribution < 1.29 is 28.7 Å². The topological polar surface area (TPSA) is 232 Å². The van der Waals surface area contributed by atoms with Crippen LogP contribution in [0, 0.1) is 0 Å². The lowest BCUT2D eigenvalue weighted by Gasteiger charge is -2.28. The zero-order valence-electron chi connectivity index (χ0n) is 33.2. The van der Waals surface area contributed by atoms with Crippen molar-refractivity contribution in [2.24, 2.45) is 0 Å². The van der Waals surface area contributed by atoms with Crippen LogP contribution in [0.5, 0.6) is 0 Å². The number of alkyl carbamates (subject to hydrolysis) is 2. The number of methoxy groups -OCH3 is 2. The average Bonchev–Trinajstić information content (AvgIpc) is 4.12. The Kier molecular flexibility index (Phi) is 11.7. The number of imidazole rings is 4. The number of nitrogens with one attached hydrogen (secondary N) is 6. The first-order valence-corrected chi connectivity index (χ1v) is 19.8. The maximum absolute atomic E-state index is 13.8. The van der Waals surface area contributed by atoms with Crippen molar-refractivity contribution in [3.8, 4) is 33.6 Å². The van der Waals surface area contributed by atoms with Crippen LogP contribution in [0.3, 0.4) is 0 Å². The molecule has 6 heterocycles. The van der Waals surface area contributed by atoms with Crippen LogP contribution < -0.4 is 10.6 Å². The first-order valence-electron chi connectivity index (χ1n) is 19.8. The van der Waals surface area contributed by atoms with Crippen LogP contribution in [0.15, 0.2) is 86.0 Å². The van der Waals surface area contributed by atoms with Gasteiger partial charge in [-0.15, -0.1) is 0 Å². The summed E-state index contributed by atoms with van der Waals surface area (Å²) in [6, 6.07) is 14.2. The molecule has 0 radical (unpaired) electrons. The van der Waals surface area contributed by atoms with Gasteiger partial charge in [-0.2, -0.15) is 0 Å². The third-order valence-corrected chi connectivity index (χ3v) is 11.1. The van der Waals surface area contributed by atoms with Gasteiger partial charge in [0.05, 0.1) is 74.1 Å². The molecule has 60 heavy (non-hydrogen) atoms. The van der Waals surface area contributed by atoms with Crippen LogP contribution in [0.25, 0.3) is 33.6 Å². The largest absolute Gasteiger partial charge is 0.453 e. The number of H-pyrrole nitrogens is 4. The number of nitrogens with zero attached hydrogens (tertiary/aromatic N) is 6. The second-order valence-corrected chi connectivity index (χ2v) is 14.8. The minimum atomic E-state index is -0.842. The summed E-state index contributed by atoms with van der Waals surface area (Å²) in [5.74, 6) is 0.931. The van der Waals surface area contributed by atoms with Crippen LogP contribution in [-0.2, 0) is 31.9 Å². The van der Waals surface area contributed by atoms with E-state index in [2.05, 4.69) is 74.8 Å². The van der Waals surface area contributed by atoms with E-state index in [-0.39, 0.29) is 36.7 Å². The van der Waals surface area contributed by atoms with Crippen LogP contribution in [0.4, 0.5) is 9.59 Å². The molecular formula is C42H46N12O6. The number of hydrogen-bond donors (Lipinski definition) is 6. The summed E-state index contributed by atoms with van der Waals surface area (Å²) in [5.41, 5.74) is 6.94. The van der Waals surface area contributed by atoms with Gasteiger partial charge in [0.1, 0.15) is 23.7 Å². The molecule has 2 fully saturated rings. The summed E-state index contributed by atoms with van der Waals surface area (Å²) in [6.07, 6.45) is 12.2. The number of rotatable bonds is 13. The Morgan fingerprint density at radius 2 is 1.03 bits per heavy atom. The summed E-state index contributed by atoms with van der Waals surface area (Å²) in [4.78, 5) is 85.9. The van der Waals surface area contributed by atoms with E-state index in [4.69, 9.17) is 9.47 Å². The van der Waals surface area contributed by atoms with Gasteiger partial charge in [0.2, 0.25) is 11.8 Å². The number of aromatic amines is 4. The van der Waals surface area contributed by atoms with E-state index in [0.29, 0.717) is 36.1 Å². The van der Waals surface area contributed by atoms with Gasteiger partial charge in [-0.1, -0.05) is 48.5 Å². The fraction of sp³-hybridized carbons (Fsp3) is 0.333. The number of carbonyl (C=O) groups excluding carboxylic acids is 4. The Morgan fingerprint density at radius 1 is 0.633 bits per heavy atom. The van der Waals surface area contributed by atoms with Crippen molar-refractivity contribution in [1.29, 1.82) is 0 Å². The lowest BCUT2D eigenvalue weighted by atomic mass is 10.0. The van der Waals surface area contributed by atoms with Crippen molar-refractivity contribution in [1.82, 2.24) is 60.3 Å². The molecular weight excluding hydrogens is 769 g/mol. The maximum atomic E-state index is 13.8. The highest BCUT2D eigenvalue weighted by atomic mass is 16.5. The summed E-state index contributed by atoms with van der Waals surface area (Å²) in [5, 5.41) is 5.35. The first-order chi connectivity index (χ1) is 29.3. The number of carbonyl (C=O) groups is 4. The highest BCUT2D eigenvalue weighted by Gasteiger charge is 2.38. The highest BCUT2D eigenvalue weighted by molar-refractivity contribution is 5.87. The molecule has 2 aliphatic rings. The SMILES string of the molecule is COC(=O)N[C@@H](Cc1c[nH]cn1)C(=O)N1CCC[C@H]1c1ncc(-c2ccc(-c3ccc(-c4cnc([C@@H]5CCCN5C(=O)[C@H](Cc5c[nH]cn5)NC(=O)OC)[nH]4)cc3)cc2)[nH]1. The fourth-order valence-corrected chi connectivity index (χ4v) is 8.05. The number of ether oxygens (including phenoxy) is 2. The first kappa shape index (κ1) is 39.6. The summed E-state index contributed by atoms with van der Waals surface area (Å²) >= 11 is 0. The second kappa shape index (κ2) is 17.7. The van der Waals surface area contributed by atoms with E-state index in [0.717, 1.165) is 59.3 Å². The van der Waals surface area contributed by atoms with Crippen molar-refractivity contribution in [3.63, 3.8) is 0 Å². The molecule has 0 saturated carbocycles. The van der Waals surface area contributed by atoms with E-state index in [9.17, 15) is 19.2 Å². The minimum absolute atomic E-state index is 0.221. The van der Waals surface area contributed by atoms with Crippen molar-refractivity contribution >= 4 is 24.0 Å². The molecule has 2 saturated heterocycles. The van der Waals surface area contributed by atoms with Crippen LogP contribution >= 0.6 is 0 Å². The van der Waals surface area contributed by atoms with Gasteiger partial charge < -0.3 is 49.8 Å². The lowest BCUT2D eigenvalue weighted by molar-refractivity contribution is -0.135. The van der Waals surface area contributed by atoms with Crippen molar-refractivity contribution in [3.05, 3.63) is 109 Å². The van der Waals surface area contributed by atoms with Crippen LogP contribution in [-0.4, -0.2) is 113 Å². The maximum Gasteiger partial charge on any atom is 0.407 e. The molecule has 4 aromatic heterocycles. The molecule has 0 bridgehead atoms. The zero-order chi connectivity index (χ0) is 41.6. The highest BCUT2D eigenvalue weighted by Crippen LogP contribution is 2.35. The summed E-state index contributed by atoms with van der Waals surface area (Å²) in [6.45, 7) is 1.08. The Bertz CT molecular complexity index is 2220. The van der Waals surface area contributed by atoms with E-state index < -0.39 is 24.3 Å². The third-order valence-electron chi connectivity index (χ3n) is 11.1. The van der Waals surface area contributed by atoms with Gasteiger partial charge in [0, 0.05) is 38.3 Å². The Balaban J connectivity index is 0.912. The second-order valence-electron chi connectivity index (χ2n) is 14.8. The van der Waals surface area contributed by atoms with Crippen LogP contribution in [0.1, 0.15) is 60.8 Å². The average molecular weight is 815 g/mol. The molecule has 0 unspecified atom stereocenters. The van der Waals surface area contributed by atoms with Crippen molar-refractivity contribution in [2.75, 3.05) is 27.3 Å². The number of benzene rings is 2. The monoisotopic (exact) mass is 814 g/mol. The van der Waals surface area contributed by atoms with Gasteiger partial charge in [-0.25, -0.2) is 29.5 Å².